The van der Waals surface area contributed by atoms with Crippen LogP contribution in [0.1, 0.15) is 56.9 Å². The zero-order valence-corrected chi connectivity index (χ0v) is 12.8. The van der Waals surface area contributed by atoms with Gasteiger partial charge < -0.3 is 14.5 Å². The number of ketones is 1. The second-order valence-electron chi connectivity index (χ2n) is 5.79. The van der Waals surface area contributed by atoms with Gasteiger partial charge in [0.1, 0.15) is 11.4 Å². The molecule has 0 aliphatic carbocycles. The van der Waals surface area contributed by atoms with Crippen molar-refractivity contribution in [1.82, 2.24) is 5.32 Å². The van der Waals surface area contributed by atoms with Crippen molar-refractivity contribution >= 4 is 11.9 Å². The maximum Gasteiger partial charge on any atom is 0.407 e. The van der Waals surface area contributed by atoms with Crippen LogP contribution in [-0.4, -0.2) is 23.5 Å². The lowest BCUT2D eigenvalue weighted by molar-refractivity contribution is 0.0500. The normalized spacial score (nSPS) is 12.8. The lowest BCUT2D eigenvalue weighted by Crippen LogP contribution is -2.39. The summed E-state index contributed by atoms with van der Waals surface area (Å²) < 4.78 is 10.5. The summed E-state index contributed by atoms with van der Waals surface area (Å²) in [5.41, 5.74) is -0.551. The van der Waals surface area contributed by atoms with Crippen LogP contribution in [0.5, 0.6) is 0 Å². The SMILES string of the molecule is CCC(CC(=O)c1ccc(C)o1)NC(=O)OC(C)(C)C. The van der Waals surface area contributed by atoms with E-state index in [2.05, 4.69) is 5.32 Å². The Bertz CT molecular complexity index is 470. The largest absolute Gasteiger partial charge is 0.458 e. The van der Waals surface area contributed by atoms with Crippen LogP contribution < -0.4 is 5.32 Å². The number of rotatable bonds is 5. The fraction of sp³-hybridized carbons (Fsp3) is 0.600. The van der Waals surface area contributed by atoms with Crippen LogP contribution in [0.3, 0.4) is 0 Å². The number of furan rings is 1. The predicted molar refractivity (Wildman–Crippen MR) is 75.8 cm³/mol. The molecule has 1 amide bonds. The number of aryl methyl sites for hydroxylation is 1. The van der Waals surface area contributed by atoms with Crippen LogP contribution in [0, 0.1) is 6.92 Å². The van der Waals surface area contributed by atoms with E-state index < -0.39 is 11.7 Å². The summed E-state index contributed by atoms with van der Waals surface area (Å²) in [5, 5.41) is 2.71. The van der Waals surface area contributed by atoms with E-state index in [1.165, 1.54) is 0 Å². The fourth-order valence-electron chi connectivity index (χ4n) is 1.68. The molecule has 0 aromatic carbocycles. The third-order valence-corrected chi connectivity index (χ3v) is 2.66. The lowest BCUT2D eigenvalue weighted by atomic mass is 10.1. The second-order valence-corrected chi connectivity index (χ2v) is 5.79. The molecular weight excluding hydrogens is 258 g/mol. The van der Waals surface area contributed by atoms with Crippen molar-refractivity contribution in [1.29, 1.82) is 0 Å². The van der Waals surface area contributed by atoms with Crippen molar-refractivity contribution in [3.63, 3.8) is 0 Å². The van der Waals surface area contributed by atoms with Gasteiger partial charge in [-0.15, -0.1) is 0 Å². The van der Waals surface area contributed by atoms with Gasteiger partial charge in [-0.1, -0.05) is 6.92 Å². The molecule has 0 bridgehead atoms. The number of amides is 1. The Balaban J connectivity index is 2.55. The summed E-state index contributed by atoms with van der Waals surface area (Å²) in [5.74, 6) is 0.898. The Morgan fingerprint density at radius 1 is 1.35 bits per heavy atom. The standard InChI is InChI=1S/C15H23NO4/c1-6-11(16-14(18)20-15(3,4)5)9-12(17)13-8-7-10(2)19-13/h7-8,11H,6,9H2,1-5H3,(H,16,18). The second kappa shape index (κ2) is 6.59. The van der Waals surface area contributed by atoms with Gasteiger partial charge in [-0.2, -0.15) is 0 Å². The summed E-state index contributed by atoms with van der Waals surface area (Å²) in [7, 11) is 0. The van der Waals surface area contributed by atoms with Crippen LogP contribution >= 0.6 is 0 Å². The van der Waals surface area contributed by atoms with Crippen molar-refractivity contribution < 1.29 is 18.7 Å². The number of carbonyl (C=O) groups is 2. The molecule has 20 heavy (non-hydrogen) atoms. The van der Waals surface area contributed by atoms with E-state index in [1.54, 1.807) is 39.8 Å². The number of hydrogen-bond donors (Lipinski definition) is 1. The van der Waals surface area contributed by atoms with Crippen LogP contribution in [-0.2, 0) is 4.74 Å². The van der Waals surface area contributed by atoms with Crippen molar-refractivity contribution in [3.05, 3.63) is 23.7 Å². The zero-order chi connectivity index (χ0) is 15.3. The van der Waals surface area contributed by atoms with E-state index in [0.717, 1.165) is 0 Å². The molecule has 5 nitrogen and oxygen atoms in total. The first kappa shape index (κ1) is 16.3. The Hall–Kier alpha value is -1.78. The highest BCUT2D eigenvalue weighted by molar-refractivity contribution is 5.94. The van der Waals surface area contributed by atoms with E-state index in [9.17, 15) is 9.59 Å². The van der Waals surface area contributed by atoms with Crippen LogP contribution in [0.4, 0.5) is 4.79 Å². The van der Waals surface area contributed by atoms with E-state index in [4.69, 9.17) is 9.15 Å². The molecule has 0 saturated carbocycles. The van der Waals surface area contributed by atoms with Gasteiger partial charge in [0, 0.05) is 12.5 Å². The third kappa shape index (κ3) is 5.47. The molecule has 5 heteroatoms. The number of carbonyl (C=O) groups excluding carboxylic acids is 2. The Kier molecular flexibility index (Phi) is 5.36. The Morgan fingerprint density at radius 2 is 2.00 bits per heavy atom. The van der Waals surface area contributed by atoms with Gasteiger partial charge in [-0.05, 0) is 46.2 Å². The van der Waals surface area contributed by atoms with Gasteiger partial charge in [0.25, 0.3) is 0 Å². The number of ether oxygens (including phenoxy) is 1. The molecular formula is C15H23NO4. The summed E-state index contributed by atoms with van der Waals surface area (Å²) >= 11 is 0. The smallest absolute Gasteiger partial charge is 0.407 e. The van der Waals surface area contributed by atoms with E-state index in [0.29, 0.717) is 17.9 Å². The molecule has 0 aliphatic rings. The third-order valence-electron chi connectivity index (χ3n) is 2.66. The molecule has 0 fully saturated rings. The Labute approximate surface area is 119 Å². The van der Waals surface area contributed by atoms with Gasteiger partial charge in [0.15, 0.2) is 11.5 Å². The van der Waals surface area contributed by atoms with Gasteiger partial charge in [0.2, 0.25) is 0 Å². The number of hydrogen-bond acceptors (Lipinski definition) is 4. The first-order chi connectivity index (χ1) is 9.21. The summed E-state index contributed by atoms with van der Waals surface area (Å²) in [6.07, 6.45) is 0.334. The summed E-state index contributed by atoms with van der Waals surface area (Å²) in [6, 6.07) is 3.13. The molecule has 0 spiro atoms. The molecule has 1 rings (SSSR count). The highest BCUT2D eigenvalue weighted by atomic mass is 16.6. The Morgan fingerprint density at radius 3 is 2.45 bits per heavy atom. The van der Waals surface area contributed by atoms with E-state index in [1.807, 2.05) is 6.92 Å². The van der Waals surface area contributed by atoms with Crippen molar-refractivity contribution in [2.75, 3.05) is 0 Å². The molecule has 0 aliphatic heterocycles. The van der Waals surface area contributed by atoms with Gasteiger partial charge >= 0.3 is 6.09 Å². The van der Waals surface area contributed by atoms with E-state index >= 15 is 0 Å². The summed E-state index contributed by atoms with van der Waals surface area (Å²) in [6.45, 7) is 9.08. The molecule has 1 aromatic rings. The number of nitrogens with one attached hydrogen (secondary N) is 1. The van der Waals surface area contributed by atoms with Crippen LogP contribution in [0.25, 0.3) is 0 Å². The molecule has 1 aromatic heterocycles. The fourth-order valence-corrected chi connectivity index (χ4v) is 1.68. The first-order valence-corrected chi connectivity index (χ1v) is 6.80. The van der Waals surface area contributed by atoms with Crippen LogP contribution in [0.2, 0.25) is 0 Å². The van der Waals surface area contributed by atoms with Gasteiger partial charge in [-0.3, -0.25) is 4.79 Å². The first-order valence-electron chi connectivity index (χ1n) is 6.80. The molecule has 1 atom stereocenters. The minimum atomic E-state index is -0.551. The van der Waals surface area contributed by atoms with Gasteiger partial charge in [-0.25, -0.2) is 4.79 Å². The molecule has 1 heterocycles. The molecule has 112 valence electrons. The van der Waals surface area contributed by atoms with E-state index in [-0.39, 0.29) is 18.2 Å². The van der Waals surface area contributed by atoms with Crippen molar-refractivity contribution in [3.8, 4) is 0 Å². The minimum absolute atomic E-state index is 0.124. The number of alkyl carbamates (subject to hydrolysis) is 1. The van der Waals surface area contributed by atoms with Crippen LogP contribution in [0.15, 0.2) is 16.5 Å². The average molecular weight is 281 g/mol. The quantitative estimate of drug-likeness (QED) is 0.839. The predicted octanol–water partition coefficient (Wildman–Crippen LogP) is 3.46. The topological polar surface area (TPSA) is 68.5 Å². The monoisotopic (exact) mass is 281 g/mol. The maximum absolute atomic E-state index is 12.0. The van der Waals surface area contributed by atoms with Gasteiger partial charge in [0.05, 0.1) is 0 Å². The number of Topliss-reactive ketones (excluding diaryl/α,β-unsaturated/α-hetero) is 1. The summed E-state index contributed by atoms with van der Waals surface area (Å²) in [4.78, 5) is 23.7. The van der Waals surface area contributed by atoms with Crippen molar-refractivity contribution in [2.45, 2.75) is 59.1 Å². The highest BCUT2D eigenvalue weighted by Crippen LogP contribution is 2.12. The maximum atomic E-state index is 12.0. The molecule has 0 radical (unpaired) electrons. The average Bonchev–Trinajstić information content (AvgIpc) is 2.72. The highest BCUT2D eigenvalue weighted by Gasteiger charge is 2.21. The molecule has 1 N–H and O–H groups in total. The minimum Gasteiger partial charge on any atom is -0.458 e. The lowest BCUT2D eigenvalue weighted by Gasteiger charge is -2.22. The van der Waals surface area contributed by atoms with Crippen molar-refractivity contribution in [2.24, 2.45) is 0 Å². The molecule has 1 unspecified atom stereocenters. The molecule has 0 saturated heterocycles. The zero-order valence-electron chi connectivity index (χ0n) is 12.8.